The van der Waals surface area contributed by atoms with E-state index < -0.39 is 0 Å². The van der Waals surface area contributed by atoms with E-state index in [1.807, 2.05) is 12.1 Å². The molecular formula is C12H17NO. The standard InChI is InChI=1S/C12H17NO/c1-9-4-2-3-5-10(9)12(6-7-12)11(13)8-14/h2-5,11,14H,6-8,13H2,1H3. The highest BCUT2D eigenvalue weighted by atomic mass is 16.3. The molecule has 0 amide bonds. The molecule has 0 heterocycles. The highest BCUT2D eigenvalue weighted by Crippen LogP contribution is 2.51. The van der Waals surface area contributed by atoms with Crippen molar-refractivity contribution in [3.05, 3.63) is 35.4 Å². The van der Waals surface area contributed by atoms with Crippen molar-refractivity contribution in [1.29, 1.82) is 0 Å². The second-order valence-corrected chi connectivity index (χ2v) is 4.26. The van der Waals surface area contributed by atoms with Crippen molar-refractivity contribution >= 4 is 0 Å². The summed E-state index contributed by atoms with van der Waals surface area (Å²) in [5.74, 6) is 0. The highest BCUT2D eigenvalue weighted by molar-refractivity contribution is 5.39. The third-order valence-corrected chi connectivity index (χ3v) is 3.38. The zero-order valence-electron chi connectivity index (χ0n) is 8.53. The van der Waals surface area contributed by atoms with E-state index in [9.17, 15) is 0 Å². The zero-order chi connectivity index (χ0) is 10.2. The Morgan fingerprint density at radius 3 is 2.57 bits per heavy atom. The SMILES string of the molecule is Cc1ccccc1C1(C(N)CO)CC1. The van der Waals surface area contributed by atoms with Gasteiger partial charge in [-0.05, 0) is 30.9 Å². The first-order valence-corrected chi connectivity index (χ1v) is 5.13. The predicted octanol–water partition coefficient (Wildman–Crippen LogP) is 1.35. The number of nitrogens with two attached hydrogens (primary N) is 1. The largest absolute Gasteiger partial charge is 0.395 e. The maximum absolute atomic E-state index is 9.14. The Kier molecular flexibility index (Phi) is 2.33. The molecule has 2 heteroatoms. The van der Waals surface area contributed by atoms with Crippen LogP contribution in [0.15, 0.2) is 24.3 Å². The van der Waals surface area contributed by atoms with Crippen LogP contribution in [0.3, 0.4) is 0 Å². The lowest BCUT2D eigenvalue weighted by atomic mass is 9.86. The van der Waals surface area contributed by atoms with Gasteiger partial charge < -0.3 is 10.8 Å². The van der Waals surface area contributed by atoms with Gasteiger partial charge in [0.25, 0.3) is 0 Å². The van der Waals surface area contributed by atoms with Gasteiger partial charge in [0.2, 0.25) is 0 Å². The molecule has 1 aromatic carbocycles. The summed E-state index contributed by atoms with van der Waals surface area (Å²) in [7, 11) is 0. The van der Waals surface area contributed by atoms with Gasteiger partial charge in [-0.25, -0.2) is 0 Å². The summed E-state index contributed by atoms with van der Waals surface area (Å²) < 4.78 is 0. The Hall–Kier alpha value is -0.860. The third-order valence-electron chi connectivity index (χ3n) is 3.38. The lowest BCUT2D eigenvalue weighted by Gasteiger charge is -2.23. The fourth-order valence-corrected chi connectivity index (χ4v) is 2.28. The molecule has 1 atom stereocenters. The fourth-order valence-electron chi connectivity index (χ4n) is 2.28. The third kappa shape index (κ3) is 1.35. The van der Waals surface area contributed by atoms with Gasteiger partial charge in [0, 0.05) is 11.5 Å². The number of hydrogen-bond donors (Lipinski definition) is 2. The average Bonchev–Trinajstić information content (AvgIpc) is 2.98. The maximum Gasteiger partial charge on any atom is 0.0591 e. The van der Waals surface area contributed by atoms with Crippen molar-refractivity contribution in [2.75, 3.05) is 6.61 Å². The second-order valence-electron chi connectivity index (χ2n) is 4.26. The van der Waals surface area contributed by atoms with Crippen LogP contribution < -0.4 is 5.73 Å². The van der Waals surface area contributed by atoms with E-state index in [0.717, 1.165) is 12.8 Å². The molecule has 0 bridgehead atoms. The Balaban J connectivity index is 2.35. The van der Waals surface area contributed by atoms with E-state index in [2.05, 4.69) is 19.1 Å². The first-order valence-electron chi connectivity index (χ1n) is 5.13. The van der Waals surface area contributed by atoms with E-state index >= 15 is 0 Å². The van der Waals surface area contributed by atoms with Crippen LogP contribution in [0.4, 0.5) is 0 Å². The van der Waals surface area contributed by atoms with Gasteiger partial charge in [-0.3, -0.25) is 0 Å². The van der Waals surface area contributed by atoms with Crippen LogP contribution >= 0.6 is 0 Å². The molecule has 1 fully saturated rings. The van der Waals surface area contributed by atoms with Crippen molar-refractivity contribution in [2.24, 2.45) is 5.73 Å². The van der Waals surface area contributed by atoms with Crippen LogP contribution in [0.2, 0.25) is 0 Å². The molecule has 1 aliphatic carbocycles. The highest BCUT2D eigenvalue weighted by Gasteiger charge is 2.49. The van der Waals surface area contributed by atoms with Crippen LogP contribution in [0.5, 0.6) is 0 Å². The van der Waals surface area contributed by atoms with Crippen molar-refractivity contribution in [3.8, 4) is 0 Å². The lowest BCUT2D eigenvalue weighted by molar-refractivity contribution is 0.242. The summed E-state index contributed by atoms with van der Waals surface area (Å²) in [4.78, 5) is 0. The van der Waals surface area contributed by atoms with E-state index in [4.69, 9.17) is 10.8 Å². The van der Waals surface area contributed by atoms with Gasteiger partial charge in [-0.2, -0.15) is 0 Å². The van der Waals surface area contributed by atoms with Gasteiger partial charge in [0.1, 0.15) is 0 Å². The second kappa shape index (κ2) is 3.37. The minimum Gasteiger partial charge on any atom is -0.395 e. The molecule has 1 aromatic rings. The normalized spacial score (nSPS) is 20.5. The van der Waals surface area contributed by atoms with Crippen LogP contribution in [0.25, 0.3) is 0 Å². The quantitative estimate of drug-likeness (QED) is 0.757. The maximum atomic E-state index is 9.14. The van der Waals surface area contributed by atoms with Gasteiger partial charge >= 0.3 is 0 Å². The van der Waals surface area contributed by atoms with Crippen LogP contribution in [-0.4, -0.2) is 17.8 Å². The minimum absolute atomic E-state index is 0.0695. The summed E-state index contributed by atoms with van der Waals surface area (Å²) in [6, 6.07) is 8.23. The molecule has 1 aliphatic rings. The molecule has 0 spiro atoms. The van der Waals surface area contributed by atoms with Crippen molar-refractivity contribution in [3.63, 3.8) is 0 Å². The molecule has 0 aliphatic heterocycles. The molecule has 0 aromatic heterocycles. The monoisotopic (exact) mass is 191 g/mol. The number of benzene rings is 1. The Labute approximate surface area is 84.7 Å². The summed E-state index contributed by atoms with van der Waals surface area (Å²) in [6.45, 7) is 2.19. The van der Waals surface area contributed by atoms with Gasteiger partial charge in [0.05, 0.1) is 6.61 Å². The summed E-state index contributed by atoms with van der Waals surface area (Å²) in [5, 5.41) is 9.14. The molecule has 14 heavy (non-hydrogen) atoms. The number of aliphatic hydroxyl groups is 1. The minimum atomic E-state index is -0.108. The summed E-state index contributed by atoms with van der Waals surface area (Å²) in [5.41, 5.74) is 8.64. The van der Waals surface area contributed by atoms with Crippen molar-refractivity contribution < 1.29 is 5.11 Å². The number of rotatable bonds is 3. The van der Waals surface area contributed by atoms with Crippen molar-refractivity contribution in [2.45, 2.75) is 31.2 Å². The molecule has 1 unspecified atom stereocenters. The Morgan fingerprint density at radius 2 is 2.07 bits per heavy atom. The summed E-state index contributed by atoms with van der Waals surface area (Å²) >= 11 is 0. The smallest absolute Gasteiger partial charge is 0.0591 e. The predicted molar refractivity (Wildman–Crippen MR) is 57.2 cm³/mol. The van der Waals surface area contributed by atoms with Gasteiger partial charge in [0.15, 0.2) is 0 Å². The lowest BCUT2D eigenvalue weighted by Crippen LogP contribution is -2.38. The first-order chi connectivity index (χ1) is 6.70. The molecule has 2 rings (SSSR count). The van der Waals surface area contributed by atoms with E-state index in [0.29, 0.717) is 0 Å². The molecule has 3 N–H and O–H groups in total. The van der Waals surface area contributed by atoms with E-state index in [-0.39, 0.29) is 18.1 Å². The average molecular weight is 191 g/mol. The molecule has 2 nitrogen and oxygen atoms in total. The molecule has 1 saturated carbocycles. The van der Waals surface area contributed by atoms with E-state index in [1.165, 1.54) is 11.1 Å². The molecular weight excluding hydrogens is 174 g/mol. The van der Waals surface area contributed by atoms with Crippen LogP contribution in [-0.2, 0) is 5.41 Å². The Bertz CT molecular complexity index is 331. The molecule has 0 radical (unpaired) electrons. The topological polar surface area (TPSA) is 46.2 Å². The Morgan fingerprint density at radius 1 is 1.43 bits per heavy atom. The van der Waals surface area contributed by atoms with Gasteiger partial charge in [-0.15, -0.1) is 0 Å². The summed E-state index contributed by atoms with van der Waals surface area (Å²) in [6.07, 6.45) is 2.22. The van der Waals surface area contributed by atoms with Gasteiger partial charge in [-0.1, -0.05) is 24.3 Å². The first kappa shape index (κ1) is 9.69. The van der Waals surface area contributed by atoms with Crippen molar-refractivity contribution in [1.82, 2.24) is 0 Å². The molecule has 76 valence electrons. The van der Waals surface area contributed by atoms with Crippen LogP contribution in [0, 0.1) is 6.92 Å². The zero-order valence-corrected chi connectivity index (χ0v) is 8.53. The number of hydrogen-bond acceptors (Lipinski definition) is 2. The molecule has 0 saturated heterocycles. The van der Waals surface area contributed by atoms with E-state index in [1.54, 1.807) is 0 Å². The fraction of sp³-hybridized carbons (Fsp3) is 0.500. The number of aryl methyl sites for hydroxylation is 1. The van der Waals surface area contributed by atoms with Crippen LogP contribution in [0.1, 0.15) is 24.0 Å². The number of aliphatic hydroxyl groups excluding tert-OH is 1.